The molecule has 0 saturated heterocycles. The quantitative estimate of drug-likeness (QED) is 0.703. The lowest BCUT2D eigenvalue weighted by molar-refractivity contribution is -0.143. The van der Waals surface area contributed by atoms with Crippen molar-refractivity contribution in [2.45, 2.75) is 59.2 Å². The molecule has 0 heterocycles. The second-order valence-electron chi connectivity index (χ2n) is 8.42. The summed E-state index contributed by atoms with van der Waals surface area (Å²) < 4.78 is 18.6. The second kappa shape index (κ2) is 10.2. The molecule has 1 N–H and O–H groups in total. The molecule has 2 amide bonds. The molecule has 162 valence electrons. The molecule has 2 rings (SSSR count). The van der Waals surface area contributed by atoms with Gasteiger partial charge in [0.2, 0.25) is 5.91 Å². The fourth-order valence-corrected chi connectivity index (χ4v) is 3.14. The highest BCUT2D eigenvalue weighted by Gasteiger charge is 2.30. The molecule has 0 aliphatic heterocycles. The molecule has 0 aliphatic carbocycles. The zero-order chi connectivity index (χ0) is 22.3. The maximum Gasteiger partial charge on any atom is 0.261 e. The third-order valence-electron chi connectivity index (χ3n) is 4.50. The summed E-state index contributed by atoms with van der Waals surface area (Å²) in [4.78, 5) is 27.6. The monoisotopic (exact) mass is 414 g/mol. The molecule has 0 fully saturated rings. The average molecular weight is 415 g/mol. The van der Waals surface area contributed by atoms with Gasteiger partial charge in [0.05, 0.1) is 0 Å². The number of amides is 2. The number of hydrogen-bond donors (Lipinski definition) is 1. The summed E-state index contributed by atoms with van der Waals surface area (Å²) in [5.41, 5.74) is 1.61. The first kappa shape index (κ1) is 23.4. The molecule has 2 aromatic carbocycles. The minimum atomic E-state index is -0.631. The number of halogens is 1. The SMILES string of the molecule is CC[C@H](C(=O)NC(C)(C)C)N(Cc1cccc(C)c1)C(=O)COc1ccc(F)cc1. The van der Waals surface area contributed by atoms with E-state index in [2.05, 4.69) is 5.32 Å². The minimum absolute atomic E-state index is 0.201. The van der Waals surface area contributed by atoms with E-state index in [1.54, 1.807) is 4.90 Å². The standard InChI is InChI=1S/C24H31FN2O3/c1-6-21(23(29)26-24(3,4)5)27(15-18-9-7-8-17(2)14-18)22(28)16-30-20-12-10-19(25)11-13-20/h7-14,21H,6,15-16H2,1-5H3,(H,26,29)/t21-/m1/s1. The Morgan fingerprint density at radius 1 is 1.13 bits per heavy atom. The van der Waals surface area contributed by atoms with Crippen molar-refractivity contribution in [2.75, 3.05) is 6.61 Å². The Morgan fingerprint density at radius 2 is 1.80 bits per heavy atom. The molecule has 5 nitrogen and oxygen atoms in total. The average Bonchev–Trinajstić information content (AvgIpc) is 2.66. The Balaban J connectivity index is 2.22. The largest absolute Gasteiger partial charge is 0.484 e. The normalized spacial score (nSPS) is 12.2. The van der Waals surface area contributed by atoms with Crippen molar-refractivity contribution in [3.63, 3.8) is 0 Å². The highest BCUT2D eigenvalue weighted by Crippen LogP contribution is 2.16. The Morgan fingerprint density at radius 3 is 2.37 bits per heavy atom. The van der Waals surface area contributed by atoms with Crippen LogP contribution in [0.25, 0.3) is 0 Å². The summed E-state index contributed by atoms with van der Waals surface area (Å²) in [6, 6.07) is 12.7. The fraction of sp³-hybridized carbons (Fsp3) is 0.417. The summed E-state index contributed by atoms with van der Waals surface area (Å²) in [6.45, 7) is 9.63. The fourth-order valence-electron chi connectivity index (χ4n) is 3.14. The van der Waals surface area contributed by atoms with Crippen molar-refractivity contribution in [1.29, 1.82) is 0 Å². The van der Waals surface area contributed by atoms with Crippen LogP contribution in [-0.4, -0.2) is 34.9 Å². The smallest absolute Gasteiger partial charge is 0.261 e. The molecular formula is C24H31FN2O3. The number of aryl methyl sites for hydroxylation is 1. The number of hydrogen-bond acceptors (Lipinski definition) is 3. The Hall–Kier alpha value is -2.89. The van der Waals surface area contributed by atoms with Crippen molar-refractivity contribution in [2.24, 2.45) is 0 Å². The van der Waals surface area contributed by atoms with Gasteiger partial charge >= 0.3 is 0 Å². The molecule has 2 aromatic rings. The number of carbonyl (C=O) groups excluding carboxylic acids is 2. The molecule has 0 unspecified atom stereocenters. The predicted octanol–water partition coefficient (Wildman–Crippen LogP) is 4.24. The van der Waals surface area contributed by atoms with Gasteiger partial charge in [-0.1, -0.05) is 36.8 Å². The van der Waals surface area contributed by atoms with Gasteiger partial charge in [0.15, 0.2) is 6.61 Å². The third-order valence-corrected chi connectivity index (χ3v) is 4.50. The molecule has 0 spiro atoms. The van der Waals surface area contributed by atoms with E-state index in [1.807, 2.05) is 58.9 Å². The zero-order valence-corrected chi connectivity index (χ0v) is 18.4. The molecule has 0 saturated carbocycles. The first-order valence-corrected chi connectivity index (χ1v) is 10.1. The maximum atomic E-state index is 13.1. The Bertz CT molecular complexity index is 859. The van der Waals surface area contributed by atoms with Gasteiger partial charge in [-0.3, -0.25) is 9.59 Å². The van der Waals surface area contributed by atoms with Crippen LogP contribution in [0.4, 0.5) is 4.39 Å². The van der Waals surface area contributed by atoms with Gasteiger partial charge in [0.25, 0.3) is 5.91 Å². The highest BCUT2D eigenvalue weighted by molar-refractivity contribution is 5.88. The summed E-state index contributed by atoms with van der Waals surface area (Å²) in [6.07, 6.45) is 0.468. The molecule has 6 heteroatoms. The molecule has 30 heavy (non-hydrogen) atoms. The lowest BCUT2D eigenvalue weighted by atomic mass is 10.1. The van der Waals surface area contributed by atoms with E-state index in [1.165, 1.54) is 24.3 Å². The van der Waals surface area contributed by atoms with Crippen molar-refractivity contribution >= 4 is 11.8 Å². The maximum absolute atomic E-state index is 13.1. The van der Waals surface area contributed by atoms with Crippen LogP contribution >= 0.6 is 0 Å². The van der Waals surface area contributed by atoms with Gasteiger partial charge in [0, 0.05) is 12.1 Å². The number of ether oxygens (including phenoxy) is 1. The van der Waals surface area contributed by atoms with Crippen LogP contribution in [-0.2, 0) is 16.1 Å². The van der Waals surface area contributed by atoms with Gasteiger partial charge in [-0.05, 0) is 63.9 Å². The van der Waals surface area contributed by atoms with Crippen molar-refractivity contribution in [3.05, 3.63) is 65.5 Å². The lowest BCUT2D eigenvalue weighted by Crippen LogP contribution is -2.54. The second-order valence-corrected chi connectivity index (χ2v) is 8.42. The summed E-state index contributed by atoms with van der Waals surface area (Å²) >= 11 is 0. The Labute approximate surface area is 178 Å². The number of rotatable bonds is 8. The van der Waals surface area contributed by atoms with E-state index >= 15 is 0 Å². The van der Waals surface area contributed by atoms with Crippen molar-refractivity contribution in [1.82, 2.24) is 10.2 Å². The number of nitrogens with one attached hydrogen (secondary N) is 1. The van der Waals surface area contributed by atoms with Crippen LogP contribution in [0.3, 0.4) is 0 Å². The minimum Gasteiger partial charge on any atom is -0.484 e. The summed E-state index contributed by atoms with van der Waals surface area (Å²) in [5.74, 6) is -0.489. The van der Waals surface area contributed by atoms with Crippen molar-refractivity contribution < 1.29 is 18.7 Å². The van der Waals surface area contributed by atoms with Gasteiger partial charge in [-0.2, -0.15) is 0 Å². The van der Waals surface area contributed by atoms with Crippen LogP contribution in [0, 0.1) is 12.7 Å². The molecule has 0 aliphatic rings. The van der Waals surface area contributed by atoms with Crippen LogP contribution in [0.1, 0.15) is 45.2 Å². The van der Waals surface area contributed by atoms with Crippen LogP contribution in [0.2, 0.25) is 0 Å². The lowest BCUT2D eigenvalue weighted by Gasteiger charge is -2.33. The third kappa shape index (κ3) is 7.17. The number of nitrogens with zero attached hydrogens (tertiary/aromatic N) is 1. The topological polar surface area (TPSA) is 58.6 Å². The van der Waals surface area contributed by atoms with E-state index in [-0.39, 0.29) is 24.2 Å². The first-order chi connectivity index (χ1) is 14.1. The van der Waals surface area contributed by atoms with E-state index in [9.17, 15) is 14.0 Å². The zero-order valence-electron chi connectivity index (χ0n) is 18.4. The van der Waals surface area contributed by atoms with Crippen LogP contribution < -0.4 is 10.1 Å². The van der Waals surface area contributed by atoms with E-state index in [0.717, 1.165) is 11.1 Å². The highest BCUT2D eigenvalue weighted by atomic mass is 19.1. The van der Waals surface area contributed by atoms with Gasteiger partial charge in [-0.15, -0.1) is 0 Å². The summed E-state index contributed by atoms with van der Waals surface area (Å²) in [5, 5.41) is 2.97. The van der Waals surface area contributed by atoms with Gasteiger partial charge in [-0.25, -0.2) is 4.39 Å². The van der Waals surface area contributed by atoms with Crippen molar-refractivity contribution in [3.8, 4) is 5.75 Å². The molecule has 0 aromatic heterocycles. The Kier molecular flexibility index (Phi) is 7.98. The predicted molar refractivity (Wildman–Crippen MR) is 116 cm³/mol. The van der Waals surface area contributed by atoms with Crippen LogP contribution in [0.15, 0.2) is 48.5 Å². The molecule has 1 atom stereocenters. The number of benzene rings is 2. The molecular weight excluding hydrogens is 383 g/mol. The van der Waals surface area contributed by atoms with Gasteiger partial charge < -0.3 is 15.0 Å². The van der Waals surface area contributed by atoms with E-state index in [0.29, 0.717) is 18.7 Å². The molecule has 0 radical (unpaired) electrons. The van der Waals surface area contributed by atoms with E-state index < -0.39 is 11.6 Å². The van der Waals surface area contributed by atoms with Gasteiger partial charge in [0.1, 0.15) is 17.6 Å². The first-order valence-electron chi connectivity index (χ1n) is 10.1. The number of carbonyl (C=O) groups is 2. The van der Waals surface area contributed by atoms with E-state index in [4.69, 9.17) is 4.74 Å². The molecule has 0 bridgehead atoms. The summed E-state index contributed by atoms with van der Waals surface area (Å²) in [7, 11) is 0. The van der Waals surface area contributed by atoms with Crippen LogP contribution in [0.5, 0.6) is 5.75 Å².